The standard InChI is InChI=1S/C13H12N2O2S/c1-10-9-18-13(16)15(10)6-7-17-12-4-2-11(8-14)3-5-12/h2-5,9H,6-7H2,1H3. The van der Waals surface area contributed by atoms with E-state index < -0.39 is 0 Å². The molecule has 0 radical (unpaired) electrons. The molecule has 0 fully saturated rings. The molecule has 2 aromatic rings. The van der Waals surface area contributed by atoms with Gasteiger partial charge in [-0.05, 0) is 31.2 Å². The Bertz CT molecular complexity index is 620. The molecular weight excluding hydrogens is 248 g/mol. The Morgan fingerprint density at radius 2 is 2.11 bits per heavy atom. The summed E-state index contributed by atoms with van der Waals surface area (Å²) >= 11 is 1.20. The van der Waals surface area contributed by atoms with Crippen LogP contribution in [0.2, 0.25) is 0 Å². The summed E-state index contributed by atoms with van der Waals surface area (Å²) in [4.78, 5) is 11.5. The molecule has 0 amide bonds. The van der Waals surface area contributed by atoms with E-state index >= 15 is 0 Å². The summed E-state index contributed by atoms with van der Waals surface area (Å²) in [5.74, 6) is 0.704. The number of nitriles is 1. The number of thiazole rings is 1. The lowest BCUT2D eigenvalue weighted by Gasteiger charge is -2.07. The van der Waals surface area contributed by atoms with Crippen LogP contribution in [0.4, 0.5) is 0 Å². The van der Waals surface area contributed by atoms with E-state index in [-0.39, 0.29) is 4.87 Å². The zero-order chi connectivity index (χ0) is 13.0. The second-order valence-corrected chi connectivity index (χ2v) is 4.60. The summed E-state index contributed by atoms with van der Waals surface area (Å²) in [5.41, 5.74) is 1.56. The van der Waals surface area contributed by atoms with Gasteiger partial charge in [-0.25, -0.2) is 0 Å². The highest BCUT2D eigenvalue weighted by atomic mass is 32.1. The molecule has 0 atom stereocenters. The predicted octanol–water partition coefficient (Wildman–Crippen LogP) is 2.17. The third kappa shape index (κ3) is 2.79. The van der Waals surface area contributed by atoms with Crippen LogP contribution >= 0.6 is 11.3 Å². The van der Waals surface area contributed by atoms with Gasteiger partial charge < -0.3 is 4.74 Å². The summed E-state index contributed by atoms with van der Waals surface area (Å²) in [5, 5.41) is 10.5. The van der Waals surface area contributed by atoms with E-state index in [1.165, 1.54) is 11.3 Å². The van der Waals surface area contributed by atoms with E-state index in [0.717, 1.165) is 5.69 Å². The Morgan fingerprint density at radius 3 is 2.67 bits per heavy atom. The monoisotopic (exact) mass is 260 g/mol. The molecule has 0 aliphatic rings. The fourth-order valence-electron chi connectivity index (χ4n) is 1.56. The van der Waals surface area contributed by atoms with E-state index in [2.05, 4.69) is 0 Å². The summed E-state index contributed by atoms with van der Waals surface area (Å²) < 4.78 is 7.21. The lowest BCUT2D eigenvalue weighted by Crippen LogP contribution is -2.18. The number of ether oxygens (including phenoxy) is 1. The van der Waals surface area contributed by atoms with Crippen LogP contribution in [0.5, 0.6) is 5.75 Å². The highest BCUT2D eigenvalue weighted by Crippen LogP contribution is 2.11. The second kappa shape index (κ2) is 5.52. The molecule has 0 saturated carbocycles. The Hall–Kier alpha value is -2.06. The summed E-state index contributed by atoms with van der Waals surface area (Å²) in [7, 11) is 0. The van der Waals surface area contributed by atoms with Crippen LogP contribution in [0, 0.1) is 18.3 Å². The smallest absolute Gasteiger partial charge is 0.307 e. The van der Waals surface area contributed by atoms with Crippen LogP contribution in [-0.4, -0.2) is 11.2 Å². The molecule has 0 spiro atoms. The number of hydrogen-bond donors (Lipinski definition) is 0. The molecule has 4 nitrogen and oxygen atoms in total. The summed E-state index contributed by atoms with van der Waals surface area (Å²) in [6.45, 7) is 2.87. The van der Waals surface area contributed by atoms with E-state index in [0.29, 0.717) is 24.5 Å². The third-order valence-electron chi connectivity index (χ3n) is 2.54. The highest BCUT2D eigenvalue weighted by Gasteiger charge is 2.02. The van der Waals surface area contributed by atoms with Gasteiger partial charge in [-0.15, -0.1) is 0 Å². The first-order valence-electron chi connectivity index (χ1n) is 5.48. The number of aromatic nitrogens is 1. The molecule has 0 N–H and O–H groups in total. The van der Waals surface area contributed by atoms with Crippen LogP contribution in [0.25, 0.3) is 0 Å². The molecule has 0 bridgehead atoms. The zero-order valence-corrected chi connectivity index (χ0v) is 10.7. The molecule has 18 heavy (non-hydrogen) atoms. The van der Waals surface area contributed by atoms with E-state index in [1.807, 2.05) is 18.4 Å². The number of benzene rings is 1. The molecule has 92 valence electrons. The maximum absolute atomic E-state index is 11.5. The van der Waals surface area contributed by atoms with Crippen LogP contribution in [-0.2, 0) is 6.54 Å². The van der Waals surface area contributed by atoms with Crippen molar-refractivity contribution in [1.82, 2.24) is 4.57 Å². The van der Waals surface area contributed by atoms with E-state index in [1.54, 1.807) is 28.8 Å². The molecule has 2 rings (SSSR count). The zero-order valence-electron chi connectivity index (χ0n) is 9.92. The van der Waals surface area contributed by atoms with Crippen molar-refractivity contribution in [2.24, 2.45) is 0 Å². The fraction of sp³-hybridized carbons (Fsp3) is 0.231. The lowest BCUT2D eigenvalue weighted by molar-refractivity contribution is 0.296. The number of nitrogens with zero attached hydrogens (tertiary/aromatic N) is 2. The maximum atomic E-state index is 11.5. The molecule has 0 aliphatic carbocycles. The first-order valence-corrected chi connectivity index (χ1v) is 6.36. The van der Waals surface area contributed by atoms with Crippen LogP contribution < -0.4 is 9.61 Å². The van der Waals surface area contributed by atoms with Gasteiger partial charge in [0.2, 0.25) is 0 Å². The van der Waals surface area contributed by atoms with Gasteiger partial charge in [0.25, 0.3) is 0 Å². The minimum atomic E-state index is 0.0379. The molecule has 0 unspecified atom stereocenters. The first-order chi connectivity index (χ1) is 8.70. The average Bonchev–Trinajstić information content (AvgIpc) is 2.71. The Morgan fingerprint density at radius 1 is 1.39 bits per heavy atom. The fourth-order valence-corrected chi connectivity index (χ4v) is 2.32. The molecule has 1 heterocycles. The van der Waals surface area contributed by atoms with Crippen molar-refractivity contribution in [3.8, 4) is 11.8 Å². The van der Waals surface area contributed by atoms with Crippen LogP contribution in [0.15, 0.2) is 34.4 Å². The van der Waals surface area contributed by atoms with E-state index in [9.17, 15) is 4.79 Å². The first kappa shape index (κ1) is 12.4. The van der Waals surface area contributed by atoms with Gasteiger partial charge in [0.1, 0.15) is 12.4 Å². The van der Waals surface area contributed by atoms with Gasteiger partial charge in [-0.3, -0.25) is 9.36 Å². The van der Waals surface area contributed by atoms with Crippen molar-refractivity contribution in [2.45, 2.75) is 13.5 Å². The van der Waals surface area contributed by atoms with Crippen molar-refractivity contribution in [1.29, 1.82) is 5.26 Å². The Kier molecular flexibility index (Phi) is 3.80. The third-order valence-corrected chi connectivity index (χ3v) is 3.42. The average molecular weight is 260 g/mol. The lowest BCUT2D eigenvalue weighted by atomic mass is 10.2. The maximum Gasteiger partial charge on any atom is 0.307 e. The van der Waals surface area contributed by atoms with Gasteiger partial charge in [-0.2, -0.15) is 5.26 Å². The highest BCUT2D eigenvalue weighted by molar-refractivity contribution is 7.07. The Balaban J connectivity index is 1.93. The van der Waals surface area contributed by atoms with Crippen LogP contribution in [0.3, 0.4) is 0 Å². The minimum absolute atomic E-state index is 0.0379. The van der Waals surface area contributed by atoms with Crippen LogP contribution in [0.1, 0.15) is 11.3 Å². The largest absolute Gasteiger partial charge is 0.492 e. The van der Waals surface area contributed by atoms with Gasteiger partial charge in [0.05, 0.1) is 18.2 Å². The normalized spacial score (nSPS) is 10.0. The van der Waals surface area contributed by atoms with E-state index in [4.69, 9.17) is 10.00 Å². The molecule has 1 aromatic heterocycles. The summed E-state index contributed by atoms with van der Waals surface area (Å²) in [6.07, 6.45) is 0. The molecular formula is C13H12N2O2S. The number of rotatable bonds is 4. The van der Waals surface area contributed by atoms with Crippen molar-refractivity contribution in [3.63, 3.8) is 0 Å². The Labute approximate surface area is 109 Å². The van der Waals surface area contributed by atoms with Gasteiger partial charge in [-0.1, -0.05) is 11.3 Å². The molecule has 5 heteroatoms. The van der Waals surface area contributed by atoms with Crippen molar-refractivity contribution < 1.29 is 4.74 Å². The van der Waals surface area contributed by atoms with Crippen molar-refractivity contribution in [3.05, 3.63) is 50.6 Å². The van der Waals surface area contributed by atoms with Gasteiger partial charge in [0, 0.05) is 11.1 Å². The molecule has 0 aliphatic heterocycles. The van der Waals surface area contributed by atoms with Gasteiger partial charge in [0.15, 0.2) is 0 Å². The number of aryl methyl sites for hydroxylation is 1. The van der Waals surface area contributed by atoms with Gasteiger partial charge >= 0.3 is 4.87 Å². The topological polar surface area (TPSA) is 55.0 Å². The molecule has 1 aromatic carbocycles. The predicted molar refractivity (Wildman–Crippen MR) is 70.0 cm³/mol. The summed E-state index contributed by atoms with van der Waals surface area (Å²) in [6, 6.07) is 8.96. The second-order valence-electron chi connectivity index (χ2n) is 3.78. The molecule has 0 saturated heterocycles. The van der Waals surface area contributed by atoms with Crippen molar-refractivity contribution >= 4 is 11.3 Å². The number of hydrogen-bond acceptors (Lipinski definition) is 4. The van der Waals surface area contributed by atoms with Crippen molar-refractivity contribution in [2.75, 3.05) is 6.61 Å². The quantitative estimate of drug-likeness (QED) is 0.846. The SMILES string of the molecule is Cc1csc(=O)n1CCOc1ccc(C#N)cc1. The minimum Gasteiger partial charge on any atom is -0.492 e.